The molecule has 132 valence electrons. The van der Waals surface area contributed by atoms with Crippen molar-refractivity contribution in [1.29, 1.82) is 0 Å². The molecule has 2 saturated carbocycles. The molecule has 0 bridgehead atoms. The zero-order chi connectivity index (χ0) is 16.1. The van der Waals surface area contributed by atoms with Crippen LogP contribution < -0.4 is 10.6 Å². The Labute approximate surface area is 142 Å². The van der Waals surface area contributed by atoms with E-state index in [1.807, 2.05) is 0 Å². The molecule has 0 amide bonds. The van der Waals surface area contributed by atoms with Gasteiger partial charge in [-0.1, -0.05) is 19.8 Å². The van der Waals surface area contributed by atoms with Gasteiger partial charge in [0.05, 0.1) is 0 Å². The molecule has 0 radical (unpaired) electrons. The van der Waals surface area contributed by atoms with Gasteiger partial charge in [-0.25, -0.2) is 0 Å². The molecule has 1 heterocycles. The molecule has 1 aliphatic heterocycles. The molecule has 3 rings (SSSR count). The van der Waals surface area contributed by atoms with Crippen molar-refractivity contribution in [2.75, 3.05) is 26.2 Å². The average Bonchev–Trinajstić information content (AvgIpc) is 3.32. The molecule has 3 fully saturated rings. The summed E-state index contributed by atoms with van der Waals surface area (Å²) in [6.45, 7) is 8.99. The van der Waals surface area contributed by atoms with E-state index in [0.717, 1.165) is 25.1 Å². The normalized spacial score (nSPS) is 26.4. The van der Waals surface area contributed by atoms with Crippen molar-refractivity contribution in [3.63, 3.8) is 0 Å². The quantitative estimate of drug-likeness (QED) is 0.583. The van der Waals surface area contributed by atoms with E-state index in [4.69, 9.17) is 4.99 Å². The molecule has 1 saturated heterocycles. The zero-order valence-electron chi connectivity index (χ0n) is 15.2. The molecule has 0 spiro atoms. The van der Waals surface area contributed by atoms with Gasteiger partial charge < -0.3 is 15.5 Å². The van der Waals surface area contributed by atoms with Crippen LogP contribution in [0, 0.1) is 5.41 Å². The van der Waals surface area contributed by atoms with Crippen molar-refractivity contribution in [3.05, 3.63) is 0 Å². The third-order valence-corrected chi connectivity index (χ3v) is 6.26. The van der Waals surface area contributed by atoms with Gasteiger partial charge in [0.15, 0.2) is 5.96 Å². The van der Waals surface area contributed by atoms with Gasteiger partial charge in [0.25, 0.3) is 0 Å². The lowest BCUT2D eigenvalue weighted by Crippen LogP contribution is -2.49. The molecular weight excluding hydrogens is 284 g/mol. The summed E-state index contributed by atoms with van der Waals surface area (Å²) in [5, 5.41) is 7.18. The summed E-state index contributed by atoms with van der Waals surface area (Å²) in [7, 11) is 0. The van der Waals surface area contributed by atoms with Gasteiger partial charge in [0.2, 0.25) is 0 Å². The lowest BCUT2D eigenvalue weighted by Gasteiger charge is -2.33. The molecule has 3 aliphatic rings. The van der Waals surface area contributed by atoms with Crippen LogP contribution in [-0.2, 0) is 0 Å². The lowest BCUT2D eigenvalue weighted by molar-refractivity contribution is 0.197. The largest absolute Gasteiger partial charge is 0.357 e. The van der Waals surface area contributed by atoms with Crippen LogP contribution in [0.4, 0.5) is 0 Å². The van der Waals surface area contributed by atoms with Crippen molar-refractivity contribution in [1.82, 2.24) is 15.5 Å². The summed E-state index contributed by atoms with van der Waals surface area (Å²) in [5.41, 5.74) is 0.484. The second-order valence-electron chi connectivity index (χ2n) is 7.94. The van der Waals surface area contributed by atoms with E-state index in [0.29, 0.717) is 11.5 Å². The molecule has 0 unspecified atom stereocenters. The van der Waals surface area contributed by atoms with Crippen molar-refractivity contribution >= 4 is 5.96 Å². The number of nitrogens with one attached hydrogen (secondary N) is 2. The highest BCUT2D eigenvalue weighted by Gasteiger charge is 2.33. The van der Waals surface area contributed by atoms with E-state index in [1.165, 1.54) is 70.9 Å². The fourth-order valence-corrected chi connectivity index (χ4v) is 4.36. The van der Waals surface area contributed by atoms with E-state index in [9.17, 15) is 0 Å². The lowest BCUT2D eigenvalue weighted by atomic mass is 9.84. The van der Waals surface area contributed by atoms with E-state index in [-0.39, 0.29) is 0 Å². The maximum absolute atomic E-state index is 4.98. The van der Waals surface area contributed by atoms with Gasteiger partial charge >= 0.3 is 0 Å². The number of hydrogen-bond acceptors (Lipinski definition) is 2. The standard InChI is InChI=1S/C19H36N4/c1-3-19(11-5-6-12-19)15-21-18(20-4-2)22-16-9-13-23(14-10-16)17-7-8-17/h16-17H,3-15H2,1-2H3,(H2,20,21,22). The fraction of sp³-hybridized carbons (Fsp3) is 0.947. The van der Waals surface area contributed by atoms with Crippen molar-refractivity contribution < 1.29 is 0 Å². The van der Waals surface area contributed by atoms with Crippen molar-refractivity contribution in [2.45, 2.75) is 83.7 Å². The highest BCUT2D eigenvalue weighted by Crippen LogP contribution is 2.41. The highest BCUT2D eigenvalue weighted by molar-refractivity contribution is 5.80. The highest BCUT2D eigenvalue weighted by atomic mass is 15.2. The Balaban J connectivity index is 1.50. The van der Waals surface area contributed by atoms with E-state index < -0.39 is 0 Å². The Kier molecular flexibility index (Phi) is 5.84. The number of nitrogens with zero attached hydrogens (tertiary/aromatic N) is 2. The molecule has 0 atom stereocenters. The summed E-state index contributed by atoms with van der Waals surface area (Å²) in [6.07, 6.45) is 12.2. The molecule has 4 heteroatoms. The first-order valence-electron chi connectivity index (χ1n) is 10.0. The van der Waals surface area contributed by atoms with Crippen LogP contribution in [0.5, 0.6) is 0 Å². The van der Waals surface area contributed by atoms with Crippen molar-refractivity contribution in [3.8, 4) is 0 Å². The Morgan fingerprint density at radius 2 is 1.78 bits per heavy atom. The van der Waals surface area contributed by atoms with Gasteiger partial charge in [-0.2, -0.15) is 0 Å². The molecule has 2 N–H and O–H groups in total. The Bertz CT molecular complexity index is 388. The van der Waals surface area contributed by atoms with Gasteiger partial charge in [-0.15, -0.1) is 0 Å². The second-order valence-corrected chi connectivity index (χ2v) is 7.94. The molecule has 23 heavy (non-hydrogen) atoms. The van der Waals surface area contributed by atoms with Crippen LogP contribution in [0.15, 0.2) is 4.99 Å². The summed E-state index contributed by atoms with van der Waals surface area (Å²) in [5.74, 6) is 1.05. The summed E-state index contributed by atoms with van der Waals surface area (Å²) in [6, 6.07) is 1.52. The van der Waals surface area contributed by atoms with Crippen LogP contribution in [0.1, 0.15) is 71.6 Å². The number of rotatable bonds is 6. The smallest absolute Gasteiger partial charge is 0.191 e. The minimum Gasteiger partial charge on any atom is -0.357 e. The predicted octanol–water partition coefficient (Wildman–Crippen LogP) is 3.14. The van der Waals surface area contributed by atoms with Gasteiger partial charge in [0.1, 0.15) is 0 Å². The number of hydrogen-bond donors (Lipinski definition) is 2. The van der Waals surface area contributed by atoms with Gasteiger partial charge in [-0.05, 0) is 57.3 Å². The zero-order valence-corrected chi connectivity index (χ0v) is 15.2. The number of likely N-dealkylation sites (tertiary alicyclic amines) is 1. The minimum absolute atomic E-state index is 0.484. The average molecular weight is 321 g/mol. The molecule has 2 aliphatic carbocycles. The molecule has 0 aromatic carbocycles. The van der Waals surface area contributed by atoms with E-state index >= 15 is 0 Å². The van der Waals surface area contributed by atoms with Crippen LogP contribution in [0.25, 0.3) is 0 Å². The maximum Gasteiger partial charge on any atom is 0.191 e. The third kappa shape index (κ3) is 4.62. The maximum atomic E-state index is 4.98. The summed E-state index contributed by atoms with van der Waals surface area (Å²) >= 11 is 0. The molecule has 0 aromatic rings. The topological polar surface area (TPSA) is 39.7 Å². The van der Waals surface area contributed by atoms with Crippen LogP contribution in [-0.4, -0.2) is 49.1 Å². The molecule has 0 aromatic heterocycles. The fourth-order valence-electron chi connectivity index (χ4n) is 4.36. The molecular formula is C19H36N4. The van der Waals surface area contributed by atoms with Crippen LogP contribution >= 0.6 is 0 Å². The first kappa shape index (κ1) is 17.1. The number of piperidine rings is 1. The molecule has 4 nitrogen and oxygen atoms in total. The Hall–Kier alpha value is -0.770. The van der Waals surface area contributed by atoms with Crippen LogP contribution in [0.2, 0.25) is 0 Å². The Morgan fingerprint density at radius 1 is 1.09 bits per heavy atom. The summed E-state index contributed by atoms with van der Waals surface area (Å²) in [4.78, 5) is 7.67. The Morgan fingerprint density at radius 3 is 2.35 bits per heavy atom. The first-order chi connectivity index (χ1) is 11.2. The monoisotopic (exact) mass is 320 g/mol. The third-order valence-electron chi connectivity index (χ3n) is 6.26. The van der Waals surface area contributed by atoms with Crippen molar-refractivity contribution in [2.24, 2.45) is 10.4 Å². The number of guanidine groups is 1. The first-order valence-corrected chi connectivity index (χ1v) is 10.0. The van der Waals surface area contributed by atoms with E-state index in [2.05, 4.69) is 29.4 Å². The SMILES string of the molecule is CCNC(=NCC1(CC)CCCC1)NC1CCN(C2CC2)CC1. The van der Waals surface area contributed by atoms with Crippen LogP contribution in [0.3, 0.4) is 0 Å². The second kappa shape index (κ2) is 7.87. The van der Waals surface area contributed by atoms with Gasteiger partial charge in [0, 0.05) is 38.3 Å². The summed E-state index contributed by atoms with van der Waals surface area (Å²) < 4.78 is 0. The van der Waals surface area contributed by atoms with Gasteiger partial charge in [-0.3, -0.25) is 4.99 Å². The van der Waals surface area contributed by atoms with E-state index in [1.54, 1.807) is 0 Å². The number of aliphatic imine (C=N–C) groups is 1. The predicted molar refractivity (Wildman–Crippen MR) is 97.9 cm³/mol. The minimum atomic E-state index is 0.484.